The lowest BCUT2D eigenvalue weighted by Gasteiger charge is -2.02. The van der Waals surface area contributed by atoms with Crippen molar-refractivity contribution in [2.45, 2.75) is 57.8 Å². The van der Waals surface area contributed by atoms with Crippen LogP contribution in [-0.4, -0.2) is 30.7 Å². The Morgan fingerprint density at radius 3 is 2.05 bits per heavy atom. The number of unbranched alkanes of at least 4 members (excludes halogenated alkanes) is 7. The number of carbonyl (C=O) groups excluding carboxylic acids is 2. The summed E-state index contributed by atoms with van der Waals surface area (Å²) < 4.78 is 0. The zero-order chi connectivity index (χ0) is 15.8. The number of amides is 2. The Balaban J connectivity index is 3.26. The van der Waals surface area contributed by atoms with Crippen molar-refractivity contribution >= 4 is 27.7 Å². The number of halogens is 1. The van der Waals surface area contributed by atoms with Crippen molar-refractivity contribution in [2.24, 2.45) is 0 Å². The normalized spacial score (nSPS) is 10.8. The van der Waals surface area contributed by atoms with Crippen LogP contribution in [0, 0.1) is 0 Å². The van der Waals surface area contributed by atoms with Crippen molar-refractivity contribution in [3.8, 4) is 0 Å². The van der Waals surface area contributed by atoms with Gasteiger partial charge < -0.3 is 10.6 Å². The fraction of sp³-hybridized carbons (Fsp3) is 0.750. The summed E-state index contributed by atoms with van der Waals surface area (Å²) in [4.78, 5) is 22.1. The molecule has 0 fully saturated rings. The highest BCUT2D eigenvalue weighted by Crippen LogP contribution is 2.07. The Labute approximate surface area is 137 Å². The van der Waals surface area contributed by atoms with Gasteiger partial charge >= 0.3 is 11.8 Å². The summed E-state index contributed by atoms with van der Waals surface area (Å²) in [6.07, 6.45) is 15.2. The third kappa shape index (κ3) is 13.9. The van der Waals surface area contributed by atoms with Gasteiger partial charge in [0.1, 0.15) is 0 Å². The van der Waals surface area contributed by atoms with Gasteiger partial charge in [-0.25, -0.2) is 0 Å². The van der Waals surface area contributed by atoms with E-state index in [2.05, 4.69) is 38.7 Å². The summed E-state index contributed by atoms with van der Waals surface area (Å²) in [7, 11) is 1.45. The van der Waals surface area contributed by atoms with Gasteiger partial charge in [0.05, 0.1) is 0 Å². The minimum atomic E-state index is -0.578. The second-order valence-electron chi connectivity index (χ2n) is 5.05. The molecular formula is C16H29BrN2O2. The van der Waals surface area contributed by atoms with Crippen LogP contribution in [0.25, 0.3) is 0 Å². The molecule has 0 rings (SSSR count). The van der Waals surface area contributed by atoms with E-state index in [4.69, 9.17) is 0 Å². The highest BCUT2D eigenvalue weighted by molar-refractivity contribution is 9.09. The van der Waals surface area contributed by atoms with E-state index in [1.807, 2.05) is 0 Å². The van der Waals surface area contributed by atoms with Crippen LogP contribution in [0.5, 0.6) is 0 Å². The van der Waals surface area contributed by atoms with Crippen LogP contribution in [0.4, 0.5) is 0 Å². The van der Waals surface area contributed by atoms with Gasteiger partial charge in [-0.1, -0.05) is 47.3 Å². The first-order chi connectivity index (χ1) is 10.2. The van der Waals surface area contributed by atoms with Crippen LogP contribution in [0.3, 0.4) is 0 Å². The van der Waals surface area contributed by atoms with Gasteiger partial charge in [0.25, 0.3) is 0 Å². The first kappa shape index (κ1) is 20.2. The van der Waals surface area contributed by atoms with Gasteiger partial charge in [-0.05, 0) is 38.5 Å². The number of hydrogen-bond donors (Lipinski definition) is 2. The molecule has 0 saturated carbocycles. The topological polar surface area (TPSA) is 58.2 Å². The van der Waals surface area contributed by atoms with Gasteiger partial charge in [0.2, 0.25) is 0 Å². The molecule has 0 bridgehead atoms. The number of likely N-dealkylation sites (N-methyl/N-ethyl adjacent to an activating group) is 1. The molecule has 122 valence electrons. The van der Waals surface area contributed by atoms with E-state index in [1.54, 1.807) is 0 Å². The van der Waals surface area contributed by atoms with E-state index >= 15 is 0 Å². The minimum absolute atomic E-state index is 0.548. The average molecular weight is 361 g/mol. The molecule has 0 aliphatic heterocycles. The summed E-state index contributed by atoms with van der Waals surface area (Å²) in [5.74, 6) is -1.13. The molecule has 2 N–H and O–H groups in total. The van der Waals surface area contributed by atoms with Gasteiger partial charge in [0.15, 0.2) is 0 Å². The number of alkyl halides is 1. The summed E-state index contributed by atoms with van der Waals surface area (Å²) in [6, 6.07) is 0. The zero-order valence-electron chi connectivity index (χ0n) is 13.1. The Bertz CT molecular complexity index is 307. The molecule has 0 heterocycles. The fourth-order valence-electron chi connectivity index (χ4n) is 1.91. The van der Waals surface area contributed by atoms with E-state index in [-0.39, 0.29) is 0 Å². The van der Waals surface area contributed by atoms with Crippen molar-refractivity contribution in [1.82, 2.24) is 10.6 Å². The SMILES string of the molecule is CNC(=O)C(=O)NCCCC/C=C\CCCCCCCBr. The highest BCUT2D eigenvalue weighted by atomic mass is 79.9. The van der Waals surface area contributed by atoms with E-state index in [0.29, 0.717) is 6.54 Å². The van der Waals surface area contributed by atoms with Gasteiger partial charge in [0, 0.05) is 18.9 Å². The lowest BCUT2D eigenvalue weighted by atomic mass is 10.1. The molecular weight excluding hydrogens is 332 g/mol. The van der Waals surface area contributed by atoms with E-state index in [0.717, 1.165) is 24.6 Å². The predicted octanol–water partition coefficient (Wildman–Crippen LogP) is 3.31. The van der Waals surface area contributed by atoms with Crippen molar-refractivity contribution in [3.05, 3.63) is 12.2 Å². The lowest BCUT2D eigenvalue weighted by Crippen LogP contribution is -2.38. The maximum absolute atomic E-state index is 11.1. The zero-order valence-corrected chi connectivity index (χ0v) is 14.7. The third-order valence-corrected chi connectivity index (χ3v) is 3.75. The number of hydrogen-bond acceptors (Lipinski definition) is 2. The maximum Gasteiger partial charge on any atom is 0.309 e. The summed E-state index contributed by atoms with van der Waals surface area (Å²) in [6.45, 7) is 0.563. The van der Waals surface area contributed by atoms with Crippen molar-refractivity contribution in [1.29, 1.82) is 0 Å². The van der Waals surface area contributed by atoms with Gasteiger partial charge in [-0.15, -0.1) is 0 Å². The Morgan fingerprint density at radius 1 is 0.857 bits per heavy atom. The van der Waals surface area contributed by atoms with Crippen LogP contribution in [0.1, 0.15) is 57.8 Å². The summed E-state index contributed by atoms with van der Waals surface area (Å²) in [5, 5.41) is 6.01. The second kappa shape index (κ2) is 15.5. The van der Waals surface area contributed by atoms with Crippen molar-refractivity contribution in [2.75, 3.05) is 18.9 Å². The number of rotatable bonds is 12. The molecule has 0 aliphatic carbocycles. The third-order valence-electron chi connectivity index (χ3n) is 3.19. The first-order valence-corrected chi connectivity index (χ1v) is 9.05. The van der Waals surface area contributed by atoms with E-state index in [9.17, 15) is 9.59 Å². The van der Waals surface area contributed by atoms with Gasteiger partial charge in [-0.2, -0.15) is 0 Å². The van der Waals surface area contributed by atoms with Crippen molar-refractivity contribution in [3.63, 3.8) is 0 Å². The molecule has 0 atom stereocenters. The molecule has 0 saturated heterocycles. The molecule has 0 unspecified atom stereocenters. The fourth-order valence-corrected chi connectivity index (χ4v) is 2.30. The quantitative estimate of drug-likeness (QED) is 0.243. The predicted molar refractivity (Wildman–Crippen MR) is 91.6 cm³/mol. The highest BCUT2D eigenvalue weighted by Gasteiger charge is 2.08. The largest absolute Gasteiger partial charge is 0.351 e. The molecule has 0 aromatic rings. The molecule has 0 aliphatic rings. The Kier molecular flexibility index (Phi) is 14.9. The molecule has 5 heteroatoms. The molecule has 0 radical (unpaired) electrons. The van der Waals surface area contributed by atoms with Crippen LogP contribution >= 0.6 is 15.9 Å². The number of allylic oxidation sites excluding steroid dienone is 2. The Hall–Kier alpha value is -0.840. The summed E-state index contributed by atoms with van der Waals surface area (Å²) >= 11 is 3.44. The molecule has 0 aromatic heterocycles. The summed E-state index contributed by atoms with van der Waals surface area (Å²) in [5.41, 5.74) is 0. The van der Waals surface area contributed by atoms with Crippen LogP contribution in [-0.2, 0) is 9.59 Å². The van der Waals surface area contributed by atoms with Crippen LogP contribution in [0.2, 0.25) is 0 Å². The van der Waals surface area contributed by atoms with Crippen LogP contribution in [0.15, 0.2) is 12.2 Å². The maximum atomic E-state index is 11.1. The Morgan fingerprint density at radius 2 is 1.43 bits per heavy atom. The lowest BCUT2D eigenvalue weighted by molar-refractivity contribution is -0.138. The molecule has 0 spiro atoms. The van der Waals surface area contributed by atoms with E-state index < -0.39 is 11.8 Å². The monoisotopic (exact) mass is 360 g/mol. The smallest absolute Gasteiger partial charge is 0.309 e. The van der Waals surface area contributed by atoms with Crippen LogP contribution < -0.4 is 10.6 Å². The number of nitrogens with one attached hydrogen (secondary N) is 2. The number of carbonyl (C=O) groups is 2. The minimum Gasteiger partial charge on any atom is -0.351 e. The molecule has 0 aromatic carbocycles. The average Bonchev–Trinajstić information content (AvgIpc) is 2.50. The molecule has 21 heavy (non-hydrogen) atoms. The standard InChI is InChI=1S/C16H29BrN2O2/c1-18-15(20)16(21)19-14-12-10-8-6-4-2-3-5-7-9-11-13-17/h4,6H,2-3,5,7-14H2,1H3,(H,18,20)(H,19,21)/b6-4-. The molecule has 4 nitrogen and oxygen atoms in total. The second-order valence-corrected chi connectivity index (χ2v) is 5.84. The van der Waals surface area contributed by atoms with Crippen molar-refractivity contribution < 1.29 is 9.59 Å². The molecule has 2 amide bonds. The van der Waals surface area contributed by atoms with E-state index in [1.165, 1.54) is 45.6 Å². The first-order valence-electron chi connectivity index (χ1n) is 7.93. The van der Waals surface area contributed by atoms with Gasteiger partial charge in [-0.3, -0.25) is 9.59 Å².